The zero-order valence-electron chi connectivity index (χ0n) is 17.7. The molecule has 1 heterocycles. The highest BCUT2D eigenvalue weighted by Crippen LogP contribution is 2.31. The first-order valence-electron chi connectivity index (χ1n) is 10.2. The number of benzene rings is 2. The SMILES string of the molecule is N#CCCN(C(=O)COC(=O)CNS(=O)(=O)c1ccc2c(c1)OCCCO2)c1ccccc1. The molecule has 1 aliphatic heterocycles. The molecule has 0 bridgehead atoms. The quantitative estimate of drug-likeness (QED) is 0.543. The maximum Gasteiger partial charge on any atom is 0.321 e. The first-order chi connectivity index (χ1) is 15.9. The molecule has 0 radical (unpaired) electrons. The minimum absolute atomic E-state index is 0.0950. The Labute approximate surface area is 191 Å². The lowest BCUT2D eigenvalue weighted by Crippen LogP contribution is -2.37. The highest BCUT2D eigenvalue weighted by atomic mass is 32.2. The van der Waals surface area contributed by atoms with E-state index in [9.17, 15) is 18.0 Å². The molecule has 0 aliphatic carbocycles. The number of carbonyl (C=O) groups is 2. The lowest BCUT2D eigenvalue weighted by Gasteiger charge is -2.21. The van der Waals surface area contributed by atoms with Crippen LogP contribution in [0, 0.1) is 11.3 Å². The molecule has 2 aromatic carbocycles. The maximum absolute atomic E-state index is 12.5. The maximum atomic E-state index is 12.5. The van der Waals surface area contributed by atoms with Gasteiger partial charge in [-0.3, -0.25) is 9.59 Å². The van der Waals surface area contributed by atoms with Crippen LogP contribution in [0.5, 0.6) is 11.5 Å². The third kappa shape index (κ3) is 6.68. The van der Waals surface area contributed by atoms with E-state index in [4.69, 9.17) is 19.5 Å². The van der Waals surface area contributed by atoms with Crippen molar-refractivity contribution in [1.82, 2.24) is 4.72 Å². The molecule has 174 valence electrons. The summed E-state index contributed by atoms with van der Waals surface area (Å²) in [5.41, 5.74) is 0.559. The van der Waals surface area contributed by atoms with Crippen LogP contribution in [0.3, 0.4) is 0 Å². The van der Waals surface area contributed by atoms with Gasteiger partial charge in [0.1, 0.15) is 6.54 Å². The molecule has 0 aromatic heterocycles. The third-order valence-electron chi connectivity index (χ3n) is 4.61. The van der Waals surface area contributed by atoms with Crippen LogP contribution in [0.2, 0.25) is 0 Å². The predicted octanol–water partition coefficient (Wildman–Crippen LogP) is 1.62. The van der Waals surface area contributed by atoms with E-state index in [0.717, 1.165) is 0 Å². The van der Waals surface area contributed by atoms with Gasteiger partial charge in [-0.15, -0.1) is 0 Å². The number of esters is 1. The van der Waals surface area contributed by atoms with Crippen LogP contribution in [0.4, 0.5) is 5.69 Å². The van der Waals surface area contributed by atoms with Crippen molar-refractivity contribution in [1.29, 1.82) is 5.26 Å². The molecule has 0 fully saturated rings. The molecule has 3 rings (SSSR count). The summed E-state index contributed by atoms with van der Waals surface area (Å²) >= 11 is 0. The van der Waals surface area contributed by atoms with Gasteiger partial charge in [0.05, 0.1) is 30.6 Å². The van der Waals surface area contributed by atoms with Crippen molar-refractivity contribution in [2.24, 2.45) is 0 Å². The molecule has 33 heavy (non-hydrogen) atoms. The summed E-state index contributed by atoms with van der Waals surface area (Å²) in [6.45, 7) is -0.245. The summed E-state index contributed by atoms with van der Waals surface area (Å²) in [4.78, 5) is 25.8. The van der Waals surface area contributed by atoms with Gasteiger partial charge in [-0.05, 0) is 24.3 Å². The van der Waals surface area contributed by atoms with Gasteiger partial charge in [-0.2, -0.15) is 9.98 Å². The first-order valence-corrected chi connectivity index (χ1v) is 11.7. The van der Waals surface area contributed by atoms with Crippen molar-refractivity contribution in [2.45, 2.75) is 17.7 Å². The molecule has 0 atom stereocenters. The van der Waals surface area contributed by atoms with Crippen LogP contribution >= 0.6 is 0 Å². The number of carbonyl (C=O) groups excluding carboxylic acids is 2. The number of hydrogen-bond donors (Lipinski definition) is 1. The predicted molar refractivity (Wildman–Crippen MR) is 117 cm³/mol. The molecule has 0 saturated carbocycles. The second-order valence-corrected chi connectivity index (χ2v) is 8.70. The first kappa shape index (κ1) is 24.0. The Morgan fingerprint density at radius 1 is 1.09 bits per heavy atom. The Morgan fingerprint density at radius 3 is 2.55 bits per heavy atom. The van der Waals surface area contributed by atoms with Crippen molar-refractivity contribution in [3.8, 4) is 17.6 Å². The summed E-state index contributed by atoms with van der Waals surface area (Å²) in [5.74, 6) is -0.698. The highest BCUT2D eigenvalue weighted by Gasteiger charge is 2.21. The largest absolute Gasteiger partial charge is 0.490 e. The monoisotopic (exact) mass is 473 g/mol. The molecule has 0 spiro atoms. The van der Waals surface area contributed by atoms with Gasteiger partial charge in [-0.1, -0.05) is 18.2 Å². The van der Waals surface area contributed by atoms with Crippen molar-refractivity contribution in [3.63, 3.8) is 0 Å². The molecule has 11 heteroatoms. The summed E-state index contributed by atoms with van der Waals surface area (Å²) in [6, 6.07) is 14.8. The molecule has 1 aliphatic rings. The standard InChI is InChI=1S/C22H23N3O7S/c23-10-4-11-25(17-6-2-1-3-7-17)21(26)16-32-22(27)15-24-33(28,29)18-8-9-19-20(14-18)31-13-5-12-30-19/h1-3,6-9,14,24H,4-5,11-13,15-16H2. The molecule has 1 amide bonds. The summed E-state index contributed by atoms with van der Waals surface area (Å²) in [7, 11) is -4.03. The zero-order valence-corrected chi connectivity index (χ0v) is 18.5. The second kappa shape index (κ2) is 11.3. The number of rotatable bonds is 9. The van der Waals surface area contributed by atoms with Crippen molar-refractivity contribution < 1.29 is 32.2 Å². The van der Waals surface area contributed by atoms with Gasteiger partial charge in [0.25, 0.3) is 5.91 Å². The number of anilines is 1. The Bertz CT molecular complexity index is 1130. The van der Waals surface area contributed by atoms with Gasteiger partial charge >= 0.3 is 5.97 Å². The van der Waals surface area contributed by atoms with E-state index in [1.807, 2.05) is 6.07 Å². The number of para-hydroxylation sites is 1. The Morgan fingerprint density at radius 2 is 1.82 bits per heavy atom. The lowest BCUT2D eigenvalue weighted by atomic mass is 10.2. The molecule has 2 aromatic rings. The smallest absolute Gasteiger partial charge is 0.321 e. The van der Waals surface area contributed by atoms with Crippen LogP contribution in [0.1, 0.15) is 12.8 Å². The van der Waals surface area contributed by atoms with E-state index in [1.54, 1.807) is 30.3 Å². The van der Waals surface area contributed by atoms with Crippen LogP contribution < -0.4 is 19.1 Å². The topological polar surface area (TPSA) is 135 Å². The third-order valence-corrected chi connectivity index (χ3v) is 6.01. The minimum Gasteiger partial charge on any atom is -0.490 e. The number of fused-ring (bicyclic) bond motifs is 1. The van der Waals surface area contributed by atoms with Crippen LogP contribution in [-0.4, -0.2) is 53.2 Å². The van der Waals surface area contributed by atoms with Gasteiger partial charge < -0.3 is 19.1 Å². The Hall–Kier alpha value is -3.62. The van der Waals surface area contributed by atoms with Crippen molar-refractivity contribution >= 4 is 27.6 Å². The van der Waals surface area contributed by atoms with E-state index in [1.165, 1.54) is 23.1 Å². The van der Waals surface area contributed by atoms with E-state index in [-0.39, 0.29) is 17.9 Å². The van der Waals surface area contributed by atoms with E-state index in [2.05, 4.69) is 4.72 Å². The number of nitriles is 1. The van der Waals surface area contributed by atoms with E-state index in [0.29, 0.717) is 36.8 Å². The molecule has 0 unspecified atom stereocenters. The molecular formula is C22H23N3O7S. The number of amides is 1. The summed E-state index contributed by atoms with van der Waals surface area (Å²) in [6.07, 6.45) is 0.779. The molecule has 10 nitrogen and oxygen atoms in total. The fourth-order valence-corrected chi connectivity index (χ4v) is 3.97. The van der Waals surface area contributed by atoms with Gasteiger partial charge in [0.2, 0.25) is 10.0 Å². The Balaban J connectivity index is 1.55. The summed E-state index contributed by atoms with van der Waals surface area (Å²) in [5, 5.41) is 8.83. The number of nitrogens with one attached hydrogen (secondary N) is 1. The van der Waals surface area contributed by atoms with Crippen LogP contribution in [0.15, 0.2) is 53.4 Å². The van der Waals surface area contributed by atoms with Crippen molar-refractivity contribution in [3.05, 3.63) is 48.5 Å². The van der Waals surface area contributed by atoms with Gasteiger partial charge in [0.15, 0.2) is 18.1 Å². The molecular weight excluding hydrogens is 450 g/mol. The summed E-state index contributed by atoms with van der Waals surface area (Å²) < 4.78 is 43.1. The van der Waals surface area contributed by atoms with E-state index >= 15 is 0 Å². The zero-order chi connectivity index (χ0) is 23.7. The average Bonchev–Trinajstić information content (AvgIpc) is 3.07. The lowest BCUT2D eigenvalue weighted by molar-refractivity contribution is -0.146. The Kier molecular flexibility index (Phi) is 8.23. The van der Waals surface area contributed by atoms with Gasteiger partial charge in [0, 0.05) is 24.7 Å². The average molecular weight is 474 g/mol. The van der Waals surface area contributed by atoms with Gasteiger partial charge in [-0.25, -0.2) is 8.42 Å². The number of ether oxygens (including phenoxy) is 3. The normalized spacial score (nSPS) is 12.8. The minimum atomic E-state index is -4.03. The number of hydrogen-bond acceptors (Lipinski definition) is 8. The number of sulfonamides is 1. The van der Waals surface area contributed by atoms with Crippen LogP contribution in [0.25, 0.3) is 0 Å². The molecule has 1 N–H and O–H groups in total. The highest BCUT2D eigenvalue weighted by molar-refractivity contribution is 7.89. The fraction of sp³-hybridized carbons (Fsp3) is 0.318. The fourth-order valence-electron chi connectivity index (χ4n) is 2.99. The molecule has 0 saturated heterocycles. The van der Waals surface area contributed by atoms with E-state index < -0.39 is 35.1 Å². The van der Waals surface area contributed by atoms with Crippen LogP contribution in [-0.2, 0) is 24.3 Å². The second-order valence-electron chi connectivity index (χ2n) is 6.93. The number of nitrogens with zero attached hydrogens (tertiary/aromatic N) is 2. The van der Waals surface area contributed by atoms with Crippen molar-refractivity contribution in [2.75, 3.05) is 37.8 Å².